The molecule has 0 radical (unpaired) electrons. The Morgan fingerprint density at radius 1 is 1.53 bits per heavy atom. The summed E-state index contributed by atoms with van der Waals surface area (Å²) >= 11 is 0. The van der Waals surface area contributed by atoms with Crippen molar-refractivity contribution in [1.29, 1.82) is 0 Å². The van der Waals surface area contributed by atoms with Crippen molar-refractivity contribution in [2.75, 3.05) is 18.6 Å². The number of carboxylic acid groups (broad SMARTS) is 1. The zero-order chi connectivity index (χ0) is 12.4. The van der Waals surface area contributed by atoms with Gasteiger partial charge < -0.3 is 14.7 Å². The van der Waals surface area contributed by atoms with Gasteiger partial charge in [0.2, 0.25) is 0 Å². The predicted molar refractivity (Wildman–Crippen MR) is 59.0 cm³/mol. The first kappa shape index (κ1) is 11.4. The number of carbonyl (C=O) groups is 2. The summed E-state index contributed by atoms with van der Waals surface area (Å²) in [6.07, 6.45) is 3.53. The van der Waals surface area contributed by atoms with Crippen LogP contribution in [0, 0.1) is 0 Å². The van der Waals surface area contributed by atoms with Crippen LogP contribution < -0.4 is 4.90 Å². The molecule has 6 nitrogen and oxygen atoms in total. The molecule has 1 saturated heterocycles. The Hall–Kier alpha value is -2.11. The van der Waals surface area contributed by atoms with Gasteiger partial charge in [0.25, 0.3) is 0 Å². The summed E-state index contributed by atoms with van der Waals surface area (Å²) in [4.78, 5) is 27.8. The first-order chi connectivity index (χ1) is 8.13. The molecule has 1 N–H and O–H groups in total. The van der Waals surface area contributed by atoms with Crippen LogP contribution in [0.3, 0.4) is 0 Å². The Labute approximate surface area is 97.8 Å². The molecule has 1 atom stereocenters. The highest BCUT2D eigenvalue weighted by molar-refractivity contribution is 5.89. The van der Waals surface area contributed by atoms with Gasteiger partial charge in [-0.3, -0.25) is 4.98 Å². The Morgan fingerprint density at radius 2 is 2.29 bits per heavy atom. The van der Waals surface area contributed by atoms with E-state index in [0.717, 1.165) is 0 Å². The molecule has 2 heterocycles. The third kappa shape index (κ3) is 2.06. The van der Waals surface area contributed by atoms with Gasteiger partial charge in [-0.15, -0.1) is 0 Å². The van der Waals surface area contributed by atoms with Crippen molar-refractivity contribution in [2.45, 2.75) is 12.5 Å². The number of esters is 1. The fourth-order valence-electron chi connectivity index (χ4n) is 1.78. The third-order valence-electron chi connectivity index (χ3n) is 2.80. The number of nitrogens with zero attached hydrogens (tertiary/aromatic N) is 2. The van der Waals surface area contributed by atoms with Crippen LogP contribution in [-0.4, -0.2) is 41.7 Å². The van der Waals surface area contributed by atoms with Crippen LogP contribution in [0.25, 0.3) is 0 Å². The van der Waals surface area contributed by atoms with Gasteiger partial charge in [-0.2, -0.15) is 0 Å². The van der Waals surface area contributed by atoms with Crippen LogP contribution in [0.15, 0.2) is 18.5 Å². The molecule has 0 aliphatic carbocycles. The number of rotatable bonds is 3. The molecular weight excluding hydrogens is 224 g/mol. The average molecular weight is 236 g/mol. The zero-order valence-corrected chi connectivity index (χ0v) is 9.29. The minimum Gasteiger partial charge on any atom is -0.478 e. The molecule has 1 fully saturated rings. The predicted octanol–water partition coefficient (Wildman–Crippen LogP) is 0.531. The van der Waals surface area contributed by atoms with E-state index >= 15 is 0 Å². The van der Waals surface area contributed by atoms with Gasteiger partial charge in [0, 0.05) is 12.7 Å². The molecule has 2 rings (SSSR count). The maximum atomic E-state index is 11.4. The summed E-state index contributed by atoms with van der Waals surface area (Å²) in [5.74, 6) is -1.34. The molecule has 0 aromatic carbocycles. The van der Waals surface area contributed by atoms with Crippen LogP contribution >= 0.6 is 0 Å². The van der Waals surface area contributed by atoms with E-state index in [0.29, 0.717) is 18.7 Å². The highest BCUT2D eigenvalue weighted by Crippen LogP contribution is 2.27. The summed E-state index contributed by atoms with van der Waals surface area (Å²) in [5, 5.41) is 8.85. The molecule has 0 bridgehead atoms. The Bertz CT molecular complexity index is 461. The highest BCUT2D eigenvalue weighted by Gasteiger charge is 2.35. The average Bonchev–Trinajstić information content (AvgIpc) is 2.27. The number of carboxylic acids is 1. The molecular formula is C11H12N2O4. The van der Waals surface area contributed by atoms with E-state index < -0.39 is 5.97 Å². The van der Waals surface area contributed by atoms with E-state index in [4.69, 9.17) is 5.11 Å². The third-order valence-corrected chi connectivity index (χ3v) is 2.80. The molecule has 17 heavy (non-hydrogen) atoms. The lowest BCUT2D eigenvalue weighted by Crippen LogP contribution is -2.53. The van der Waals surface area contributed by atoms with Crippen molar-refractivity contribution in [3.63, 3.8) is 0 Å². The Kier molecular flexibility index (Phi) is 2.95. The molecule has 90 valence electrons. The van der Waals surface area contributed by atoms with Crippen LogP contribution in [0.2, 0.25) is 0 Å². The normalized spacial score (nSPS) is 18.4. The van der Waals surface area contributed by atoms with E-state index in [9.17, 15) is 9.59 Å². The molecule has 1 aromatic rings. The second-order valence-electron chi connectivity index (χ2n) is 3.76. The van der Waals surface area contributed by atoms with Crippen molar-refractivity contribution in [3.8, 4) is 0 Å². The van der Waals surface area contributed by atoms with Crippen molar-refractivity contribution in [2.24, 2.45) is 0 Å². The van der Waals surface area contributed by atoms with E-state index in [-0.39, 0.29) is 17.6 Å². The van der Waals surface area contributed by atoms with Crippen LogP contribution in [0.1, 0.15) is 16.8 Å². The quantitative estimate of drug-likeness (QED) is 0.771. The van der Waals surface area contributed by atoms with Gasteiger partial charge in [0.05, 0.1) is 24.6 Å². The van der Waals surface area contributed by atoms with Crippen LogP contribution in [-0.2, 0) is 9.53 Å². The number of aromatic carboxylic acids is 1. The van der Waals surface area contributed by atoms with Crippen molar-refractivity contribution in [1.82, 2.24) is 4.98 Å². The smallest absolute Gasteiger partial charge is 0.337 e. The summed E-state index contributed by atoms with van der Waals surface area (Å²) in [5.41, 5.74) is 0.740. The molecule has 1 aliphatic rings. The Morgan fingerprint density at radius 3 is 2.82 bits per heavy atom. The fraction of sp³-hybridized carbons (Fsp3) is 0.364. The summed E-state index contributed by atoms with van der Waals surface area (Å²) in [6, 6.07) is 1.18. The molecule has 0 saturated carbocycles. The monoisotopic (exact) mass is 236 g/mol. The van der Waals surface area contributed by atoms with Crippen molar-refractivity contribution in [3.05, 3.63) is 24.0 Å². The minimum absolute atomic E-state index is 0.109. The van der Waals surface area contributed by atoms with E-state index in [1.807, 2.05) is 0 Å². The first-order valence-electron chi connectivity index (χ1n) is 5.16. The number of methoxy groups -OCH3 is 1. The highest BCUT2D eigenvalue weighted by atomic mass is 16.5. The molecule has 1 aromatic heterocycles. The number of hydrogen-bond acceptors (Lipinski definition) is 5. The lowest BCUT2D eigenvalue weighted by molar-refractivity contribution is -0.143. The summed E-state index contributed by atoms with van der Waals surface area (Å²) in [7, 11) is 1.34. The van der Waals surface area contributed by atoms with Gasteiger partial charge in [0.1, 0.15) is 6.04 Å². The maximum Gasteiger partial charge on any atom is 0.337 e. The van der Waals surface area contributed by atoms with E-state index in [2.05, 4.69) is 9.72 Å². The number of anilines is 1. The van der Waals surface area contributed by atoms with Crippen molar-refractivity contribution < 1.29 is 19.4 Å². The fourth-order valence-corrected chi connectivity index (χ4v) is 1.78. The number of hydrogen-bond donors (Lipinski definition) is 1. The summed E-state index contributed by atoms with van der Waals surface area (Å²) in [6.45, 7) is 0.699. The van der Waals surface area contributed by atoms with Gasteiger partial charge in [-0.25, -0.2) is 9.59 Å². The molecule has 0 amide bonds. The number of pyridine rings is 1. The number of ether oxygens (including phenoxy) is 1. The summed E-state index contributed by atoms with van der Waals surface area (Å²) < 4.78 is 4.67. The zero-order valence-electron chi connectivity index (χ0n) is 9.29. The number of aromatic nitrogens is 1. The van der Waals surface area contributed by atoms with Gasteiger partial charge >= 0.3 is 11.9 Å². The largest absolute Gasteiger partial charge is 0.478 e. The second kappa shape index (κ2) is 4.40. The second-order valence-corrected chi connectivity index (χ2v) is 3.76. The molecule has 0 spiro atoms. The van der Waals surface area contributed by atoms with Crippen LogP contribution in [0.4, 0.5) is 5.69 Å². The lowest BCUT2D eigenvalue weighted by atomic mass is 10.0. The van der Waals surface area contributed by atoms with Crippen molar-refractivity contribution >= 4 is 17.6 Å². The molecule has 1 aliphatic heterocycles. The topological polar surface area (TPSA) is 79.7 Å². The maximum absolute atomic E-state index is 11.4. The molecule has 1 unspecified atom stereocenters. The standard InChI is InChI=1S/C11H12N2O4/c1-17-11(16)9-2-3-13(9)8-4-7(10(14)15)5-12-6-8/h4-6,9H,2-3H2,1H3,(H,14,15). The lowest BCUT2D eigenvalue weighted by Gasteiger charge is -2.40. The molecule has 6 heteroatoms. The van der Waals surface area contributed by atoms with Gasteiger partial charge in [0.15, 0.2) is 0 Å². The Balaban J connectivity index is 2.20. The van der Waals surface area contributed by atoms with E-state index in [1.165, 1.54) is 19.4 Å². The van der Waals surface area contributed by atoms with Crippen LogP contribution in [0.5, 0.6) is 0 Å². The van der Waals surface area contributed by atoms with Gasteiger partial charge in [-0.1, -0.05) is 0 Å². The van der Waals surface area contributed by atoms with E-state index in [1.54, 1.807) is 11.1 Å². The number of carbonyl (C=O) groups excluding carboxylic acids is 1. The first-order valence-corrected chi connectivity index (χ1v) is 5.16. The SMILES string of the molecule is COC(=O)C1CCN1c1cncc(C(=O)O)c1. The minimum atomic E-state index is -1.03. The van der Waals surface area contributed by atoms with Gasteiger partial charge in [-0.05, 0) is 12.5 Å².